The van der Waals surface area contributed by atoms with Gasteiger partial charge in [0.2, 0.25) is 11.8 Å². The van der Waals surface area contributed by atoms with Crippen LogP contribution in [0.25, 0.3) is 0 Å². The van der Waals surface area contributed by atoms with Gasteiger partial charge in [-0.25, -0.2) is 4.79 Å². The number of hydrogen-bond acceptors (Lipinski definition) is 8. The Kier molecular flexibility index (Phi) is 15.4. The van der Waals surface area contributed by atoms with Gasteiger partial charge in [-0.2, -0.15) is 0 Å². The first-order chi connectivity index (χ1) is 20.4. The monoisotopic (exact) mass is 623 g/mol. The lowest BCUT2D eigenvalue weighted by atomic mass is 9.94. The minimum atomic E-state index is -4.10. The van der Waals surface area contributed by atoms with Gasteiger partial charge >= 0.3 is 13.7 Å². The van der Waals surface area contributed by atoms with Crippen LogP contribution in [0.2, 0.25) is 0 Å². The van der Waals surface area contributed by atoms with Crippen molar-refractivity contribution in [1.29, 1.82) is 0 Å². The summed E-state index contributed by atoms with van der Waals surface area (Å²) in [7, 11) is -0.830. The molecule has 3 unspecified atom stereocenters. The summed E-state index contributed by atoms with van der Waals surface area (Å²) in [6.07, 6.45) is 4.84. The van der Waals surface area contributed by atoms with E-state index in [1.165, 1.54) is 4.90 Å². The molecule has 11 nitrogen and oxygen atoms in total. The molecule has 1 aliphatic rings. The lowest BCUT2D eigenvalue weighted by molar-refractivity contribution is -0.134. The molecular weight excluding hydrogens is 573 g/mol. The summed E-state index contributed by atoms with van der Waals surface area (Å²) in [5, 5.41) is 16.9. The van der Waals surface area contributed by atoms with E-state index in [1.54, 1.807) is 27.9 Å². The molecule has 0 spiro atoms. The molecule has 5 atom stereocenters. The van der Waals surface area contributed by atoms with Gasteiger partial charge in [-0.05, 0) is 57.4 Å². The molecule has 0 aliphatic carbocycles. The molecule has 0 radical (unpaired) electrons. The highest BCUT2D eigenvalue weighted by Gasteiger charge is 2.43. The molecule has 1 aliphatic heterocycles. The van der Waals surface area contributed by atoms with E-state index >= 15 is 0 Å². The molecule has 0 saturated carbocycles. The number of aliphatic hydroxyl groups excluding tert-OH is 1. The average molecular weight is 624 g/mol. The molecule has 0 aromatic heterocycles. The number of cyclic esters (lactones) is 1. The zero-order chi connectivity index (χ0) is 32.0. The molecule has 0 bridgehead atoms. The van der Waals surface area contributed by atoms with Crippen LogP contribution in [-0.4, -0.2) is 79.3 Å². The first-order valence-corrected chi connectivity index (χ1v) is 16.8. The molecule has 242 valence electrons. The molecule has 1 aromatic carbocycles. The number of carbonyl (C=O) groups is 3. The van der Waals surface area contributed by atoms with Gasteiger partial charge < -0.3 is 34.4 Å². The predicted molar refractivity (Wildman–Crippen MR) is 165 cm³/mol. The number of hydrogen-bond donors (Lipinski definition) is 3. The van der Waals surface area contributed by atoms with Crippen LogP contribution in [0.4, 0.5) is 4.79 Å². The minimum absolute atomic E-state index is 0.00528. The number of alkyl carbamates (subject to hydrolysis) is 1. The van der Waals surface area contributed by atoms with Crippen molar-refractivity contribution in [3.8, 4) is 0 Å². The topological polar surface area (TPSA) is 144 Å². The third-order valence-electron chi connectivity index (χ3n) is 7.10. The number of aliphatic hydroxyl groups is 1. The fraction of sp³-hybridized carbons (Fsp3) is 0.645. The van der Waals surface area contributed by atoms with Crippen LogP contribution in [0.15, 0.2) is 42.5 Å². The summed E-state index contributed by atoms with van der Waals surface area (Å²) in [6.45, 7) is 7.08. The van der Waals surface area contributed by atoms with Crippen LogP contribution in [0.1, 0.15) is 65.4 Å². The third kappa shape index (κ3) is 12.1. The van der Waals surface area contributed by atoms with Gasteiger partial charge in [0, 0.05) is 26.4 Å². The number of rotatable bonds is 11. The largest absolute Gasteiger partial charge is 0.446 e. The molecule has 43 heavy (non-hydrogen) atoms. The Hall–Kier alpha value is -2.72. The van der Waals surface area contributed by atoms with Gasteiger partial charge in [-0.15, -0.1) is 0 Å². The van der Waals surface area contributed by atoms with Gasteiger partial charge in [-0.3, -0.25) is 14.2 Å². The van der Waals surface area contributed by atoms with Gasteiger partial charge in [0.25, 0.3) is 0 Å². The van der Waals surface area contributed by atoms with Crippen LogP contribution < -0.4 is 10.6 Å². The van der Waals surface area contributed by atoms with E-state index < -0.39 is 49.5 Å². The first-order valence-electron chi connectivity index (χ1n) is 15.1. The van der Waals surface area contributed by atoms with E-state index in [1.807, 2.05) is 56.3 Å². The highest BCUT2D eigenvalue weighted by atomic mass is 31.2. The van der Waals surface area contributed by atoms with E-state index in [4.69, 9.17) is 13.8 Å². The van der Waals surface area contributed by atoms with Crippen molar-refractivity contribution in [3.05, 3.63) is 48.0 Å². The molecule has 0 fully saturated rings. The molecule has 1 heterocycles. The smallest absolute Gasteiger partial charge is 0.408 e. The van der Waals surface area contributed by atoms with Gasteiger partial charge in [0.15, 0.2) is 5.85 Å². The molecule has 12 heteroatoms. The second-order valence-corrected chi connectivity index (χ2v) is 13.5. The normalized spacial score (nSPS) is 24.1. The van der Waals surface area contributed by atoms with Crippen molar-refractivity contribution >= 4 is 25.5 Å². The summed E-state index contributed by atoms with van der Waals surface area (Å²) >= 11 is 0. The summed E-state index contributed by atoms with van der Waals surface area (Å²) in [4.78, 5) is 41.5. The number of ether oxygens (including phenoxy) is 1. The Labute approximate surface area is 256 Å². The van der Waals surface area contributed by atoms with Crippen LogP contribution in [0.3, 0.4) is 0 Å². The molecular formula is C31H50N3O8P. The Morgan fingerprint density at radius 2 is 1.74 bits per heavy atom. The fourth-order valence-corrected chi connectivity index (χ4v) is 6.79. The first kappa shape index (κ1) is 36.5. The number of benzene rings is 1. The molecule has 2 rings (SSSR count). The average Bonchev–Trinajstić information content (AvgIpc) is 2.94. The van der Waals surface area contributed by atoms with Crippen molar-refractivity contribution in [2.45, 2.75) is 90.3 Å². The summed E-state index contributed by atoms with van der Waals surface area (Å²) in [5.41, 5.74) is 1.01. The Bertz CT molecular complexity index is 1090. The van der Waals surface area contributed by atoms with E-state index in [9.17, 15) is 24.1 Å². The fourth-order valence-electron chi connectivity index (χ4n) is 5.05. The van der Waals surface area contributed by atoms with E-state index in [0.29, 0.717) is 25.7 Å². The van der Waals surface area contributed by atoms with Crippen molar-refractivity contribution in [2.75, 3.05) is 27.3 Å². The Morgan fingerprint density at radius 1 is 1.09 bits per heavy atom. The van der Waals surface area contributed by atoms with Gasteiger partial charge in [0.05, 0.1) is 19.3 Å². The van der Waals surface area contributed by atoms with Crippen LogP contribution in [0, 0.1) is 11.8 Å². The number of allylic oxidation sites excluding steroid dienone is 2. The number of amides is 3. The third-order valence-corrected chi connectivity index (χ3v) is 9.34. The maximum Gasteiger partial charge on any atom is 0.408 e. The summed E-state index contributed by atoms with van der Waals surface area (Å²) in [5.74, 6) is -3.19. The second kappa shape index (κ2) is 18.2. The maximum absolute atomic E-state index is 13.7. The SMILES string of the molecule is CCOP(=O)(OCC)C(O)[C@@H]1CC(C(=O)N(C)C)C/C=C/CCC(Cc2ccccc2)OC(=O)N[C@@H](CC(C)C)C(=O)N1. The lowest BCUT2D eigenvalue weighted by Gasteiger charge is -2.33. The maximum atomic E-state index is 13.7. The quantitative estimate of drug-likeness (QED) is 0.239. The zero-order valence-corrected chi connectivity index (χ0v) is 27.3. The predicted octanol–water partition coefficient (Wildman–Crippen LogP) is 4.64. The Morgan fingerprint density at radius 3 is 2.33 bits per heavy atom. The van der Waals surface area contributed by atoms with Gasteiger partial charge in [-0.1, -0.05) is 56.3 Å². The number of carbonyl (C=O) groups excluding carboxylic acids is 3. The lowest BCUT2D eigenvalue weighted by Crippen LogP contribution is -2.54. The van der Waals surface area contributed by atoms with Gasteiger partial charge in [0.1, 0.15) is 12.1 Å². The van der Waals surface area contributed by atoms with Crippen molar-refractivity contribution < 1.29 is 37.8 Å². The number of nitrogens with zero attached hydrogens (tertiary/aromatic N) is 1. The Balaban J connectivity index is 2.49. The molecule has 3 N–H and O–H groups in total. The van der Waals surface area contributed by atoms with Crippen molar-refractivity contribution in [1.82, 2.24) is 15.5 Å². The summed E-state index contributed by atoms with van der Waals surface area (Å²) < 4.78 is 30.2. The highest BCUT2D eigenvalue weighted by molar-refractivity contribution is 7.54. The standard InChI is InChI=1S/C31H50N3O8P/c1-7-40-43(39,41-8-2)30(37)27-21-24(29(36)34(5)6)17-13-10-14-18-25(20-23-15-11-9-12-16-23)42-31(38)33-26(19-22(3)4)28(35)32-27/h9-13,15-16,22,24-27,30,37H,7-8,14,17-21H2,1-6H3,(H,32,35)(H,33,38)/b13-10+/t24?,25?,26-,27-,30?/m0/s1. The van der Waals surface area contributed by atoms with Crippen LogP contribution >= 0.6 is 7.60 Å². The molecule has 0 saturated heterocycles. The second-order valence-electron chi connectivity index (χ2n) is 11.4. The van der Waals surface area contributed by atoms with E-state index in [-0.39, 0.29) is 37.9 Å². The molecule has 1 aromatic rings. The molecule has 3 amide bonds. The van der Waals surface area contributed by atoms with Crippen LogP contribution in [-0.2, 0) is 34.4 Å². The summed E-state index contributed by atoms with van der Waals surface area (Å²) in [6, 6.07) is 7.51. The van der Waals surface area contributed by atoms with E-state index in [2.05, 4.69) is 10.6 Å². The zero-order valence-electron chi connectivity index (χ0n) is 26.4. The highest BCUT2D eigenvalue weighted by Crippen LogP contribution is 2.53. The van der Waals surface area contributed by atoms with Crippen LogP contribution in [0.5, 0.6) is 0 Å². The van der Waals surface area contributed by atoms with E-state index in [0.717, 1.165) is 5.56 Å². The number of nitrogens with one attached hydrogen (secondary N) is 2. The van der Waals surface area contributed by atoms with Crippen molar-refractivity contribution in [2.24, 2.45) is 11.8 Å². The minimum Gasteiger partial charge on any atom is -0.446 e. The van der Waals surface area contributed by atoms with Crippen molar-refractivity contribution in [3.63, 3.8) is 0 Å².